The lowest BCUT2D eigenvalue weighted by atomic mass is 10.0. The van der Waals surface area contributed by atoms with Gasteiger partial charge in [-0.05, 0) is 39.8 Å². The fraction of sp³-hybridized carbons (Fsp3) is 0.250. The first-order valence-electron chi connectivity index (χ1n) is 5.13. The van der Waals surface area contributed by atoms with Gasteiger partial charge in [0.2, 0.25) is 0 Å². The lowest BCUT2D eigenvalue weighted by Crippen LogP contribution is -2.09. The zero-order valence-electron chi connectivity index (χ0n) is 10.1. The fourth-order valence-electron chi connectivity index (χ4n) is 1.28. The predicted octanol–water partition coefficient (Wildman–Crippen LogP) is 1.64. The van der Waals surface area contributed by atoms with Crippen molar-refractivity contribution in [3.63, 3.8) is 0 Å². The van der Waals surface area contributed by atoms with Gasteiger partial charge in [0.25, 0.3) is 5.97 Å². The van der Waals surface area contributed by atoms with Gasteiger partial charge in [0, 0.05) is 10.5 Å². The van der Waals surface area contributed by atoms with E-state index < -0.39 is 17.9 Å². The summed E-state index contributed by atoms with van der Waals surface area (Å²) in [6.45, 7) is 1.08. The van der Waals surface area contributed by atoms with E-state index in [1.54, 1.807) is 18.2 Å². The highest BCUT2D eigenvalue weighted by Crippen LogP contribution is 2.18. The Balaban J connectivity index is 0.000000711. The molecule has 0 saturated carbocycles. The monoisotopic (exact) mass is 380 g/mol. The number of carbonyl (C=O) groups is 3. The third-order valence-corrected chi connectivity index (χ3v) is 2.90. The maximum absolute atomic E-state index is 10.6. The molecule has 0 unspecified atom stereocenters. The van der Waals surface area contributed by atoms with Crippen molar-refractivity contribution < 1.29 is 29.7 Å². The Morgan fingerprint density at radius 2 is 1.53 bits per heavy atom. The first-order chi connectivity index (χ1) is 8.73. The van der Waals surface area contributed by atoms with E-state index in [2.05, 4.69) is 0 Å². The molecule has 0 aliphatic heterocycles. The van der Waals surface area contributed by atoms with E-state index >= 15 is 0 Å². The topological polar surface area (TPSA) is 112 Å². The van der Waals surface area contributed by atoms with Crippen molar-refractivity contribution in [2.75, 3.05) is 0 Å². The Morgan fingerprint density at radius 3 is 1.95 bits per heavy atom. The van der Waals surface area contributed by atoms with Gasteiger partial charge in [0.05, 0.1) is 12.8 Å². The molecule has 0 fully saturated rings. The molecule has 0 aromatic heterocycles. The SMILES string of the molecule is CC(=O)O.O=C(O)Cc1cccc(I)c1CC(=O)O. The molecule has 1 rings (SSSR count). The van der Waals surface area contributed by atoms with Crippen LogP contribution in [0.4, 0.5) is 0 Å². The van der Waals surface area contributed by atoms with E-state index in [0.717, 1.165) is 10.5 Å². The van der Waals surface area contributed by atoms with Gasteiger partial charge in [0.15, 0.2) is 0 Å². The highest BCUT2D eigenvalue weighted by molar-refractivity contribution is 14.1. The summed E-state index contributed by atoms with van der Waals surface area (Å²) < 4.78 is 0.786. The molecule has 3 N–H and O–H groups in total. The Hall–Kier alpha value is -1.64. The molecule has 1 aromatic carbocycles. The van der Waals surface area contributed by atoms with Crippen LogP contribution in [0.3, 0.4) is 0 Å². The summed E-state index contributed by atoms with van der Waals surface area (Å²) >= 11 is 2.01. The first-order valence-corrected chi connectivity index (χ1v) is 6.21. The lowest BCUT2D eigenvalue weighted by molar-refractivity contribution is -0.137. The second-order valence-corrected chi connectivity index (χ2v) is 4.70. The number of benzene rings is 1. The molecule has 0 radical (unpaired) electrons. The number of carboxylic acid groups (broad SMARTS) is 3. The van der Waals surface area contributed by atoms with Crippen molar-refractivity contribution >= 4 is 40.5 Å². The van der Waals surface area contributed by atoms with Crippen LogP contribution in [0.5, 0.6) is 0 Å². The number of rotatable bonds is 4. The summed E-state index contributed by atoms with van der Waals surface area (Å²) in [7, 11) is 0. The largest absolute Gasteiger partial charge is 0.481 e. The number of hydrogen-bond donors (Lipinski definition) is 3. The average molecular weight is 380 g/mol. The van der Waals surface area contributed by atoms with Crippen LogP contribution in [0.1, 0.15) is 18.1 Å². The van der Waals surface area contributed by atoms with E-state index in [-0.39, 0.29) is 12.8 Å². The molecular weight excluding hydrogens is 367 g/mol. The molecule has 0 spiro atoms. The molecule has 19 heavy (non-hydrogen) atoms. The van der Waals surface area contributed by atoms with Crippen molar-refractivity contribution in [3.05, 3.63) is 32.9 Å². The molecule has 0 heterocycles. The van der Waals surface area contributed by atoms with E-state index in [4.69, 9.17) is 20.1 Å². The summed E-state index contributed by atoms with van der Waals surface area (Å²) in [4.78, 5) is 30.2. The third-order valence-electron chi connectivity index (χ3n) is 1.89. The highest BCUT2D eigenvalue weighted by atomic mass is 127. The number of halogens is 1. The van der Waals surface area contributed by atoms with Gasteiger partial charge in [-0.25, -0.2) is 0 Å². The maximum Gasteiger partial charge on any atom is 0.307 e. The Morgan fingerprint density at radius 1 is 1.05 bits per heavy atom. The second kappa shape index (κ2) is 8.46. The number of aliphatic carboxylic acids is 3. The summed E-state index contributed by atoms with van der Waals surface area (Å²) in [5, 5.41) is 24.8. The zero-order chi connectivity index (χ0) is 15.0. The minimum Gasteiger partial charge on any atom is -0.481 e. The van der Waals surface area contributed by atoms with E-state index in [1.165, 1.54) is 0 Å². The summed E-state index contributed by atoms with van der Waals surface area (Å²) in [5.41, 5.74) is 1.16. The summed E-state index contributed by atoms with van der Waals surface area (Å²) in [6, 6.07) is 5.14. The van der Waals surface area contributed by atoms with Gasteiger partial charge in [-0.1, -0.05) is 12.1 Å². The number of carboxylic acids is 3. The molecule has 0 aliphatic carbocycles. The Labute approximate surface area is 123 Å². The Kier molecular flexibility index (Phi) is 7.73. The van der Waals surface area contributed by atoms with Crippen LogP contribution >= 0.6 is 22.6 Å². The molecule has 6 nitrogen and oxygen atoms in total. The standard InChI is InChI=1S/C10H9IO4.C2H4O2/c11-8-3-1-2-6(4-9(12)13)7(8)5-10(14)15;1-2(3)4/h1-3H,4-5H2,(H,12,13)(H,14,15);1H3,(H,3,4). The molecule has 104 valence electrons. The van der Waals surface area contributed by atoms with Crippen molar-refractivity contribution in [1.82, 2.24) is 0 Å². The van der Waals surface area contributed by atoms with E-state index in [9.17, 15) is 9.59 Å². The molecule has 7 heteroatoms. The van der Waals surface area contributed by atoms with Crippen LogP contribution in [0.2, 0.25) is 0 Å². The average Bonchev–Trinajstić information content (AvgIpc) is 2.21. The summed E-state index contributed by atoms with van der Waals surface area (Å²) in [5.74, 6) is -2.74. The minimum absolute atomic E-state index is 0.137. The van der Waals surface area contributed by atoms with Crippen LogP contribution in [-0.2, 0) is 27.2 Å². The van der Waals surface area contributed by atoms with Crippen molar-refractivity contribution in [3.8, 4) is 0 Å². The second-order valence-electron chi connectivity index (χ2n) is 3.54. The highest BCUT2D eigenvalue weighted by Gasteiger charge is 2.12. The van der Waals surface area contributed by atoms with Gasteiger partial charge in [0.1, 0.15) is 0 Å². The molecule has 1 aromatic rings. The molecular formula is C12H13IO6. The van der Waals surface area contributed by atoms with E-state index in [0.29, 0.717) is 11.1 Å². The van der Waals surface area contributed by atoms with Crippen LogP contribution in [0.15, 0.2) is 18.2 Å². The smallest absolute Gasteiger partial charge is 0.307 e. The van der Waals surface area contributed by atoms with Crippen molar-refractivity contribution in [1.29, 1.82) is 0 Å². The molecule has 0 amide bonds. The van der Waals surface area contributed by atoms with E-state index in [1.807, 2.05) is 22.6 Å². The van der Waals surface area contributed by atoms with Crippen molar-refractivity contribution in [2.45, 2.75) is 19.8 Å². The quantitative estimate of drug-likeness (QED) is 0.685. The third kappa shape index (κ3) is 8.14. The normalized spacial score (nSPS) is 9.16. The minimum atomic E-state index is -0.955. The van der Waals surface area contributed by atoms with Gasteiger partial charge in [-0.3, -0.25) is 14.4 Å². The van der Waals surface area contributed by atoms with Crippen molar-refractivity contribution in [2.24, 2.45) is 0 Å². The van der Waals surface area contributed by atoms with Gasteiger partial charge in [-0.15, -0.1) is 0 Å². The predicted molar refractivity (Wildman–Crippen MR) is 75.1 cm³/mol. The zero-order valence-corrected chi connectivity index (χ0v) is 12.2. The number of hydrogen-bond acceptors (Lipinski definition) is 3. The van der Waals surface area contributed by atoms with Gasteiger partial charge >= 0.3 is 11.9 Å². The van der Waals surface area contributed by atoms with Crippen LogP contribution in [0, 0.1) is 3.57 Å². The van der Waals surface area contributed by atoms with Gasteiger partial charge in [-0.2, -0.15) is 0 Å². The molecule has 0 bridgehead atoms. The first kappa shape index (κ1) is 17.4. The summed E-state index contributed by atoms with van der Waals surface area (Å²) in [6.07, 6.45) is -0.277. The maximum atomic E-state index is 10.6. The Bertz CT molecular complexity index is 479. The lowest BCUT2D eigenvalue weighted by Gasteiger charge is -2.07. The van der Waals surface area contributed by atoms with Crippen LogP contribution < -0.4 is 0 Å². The van der Waals surface area contributed by atoms with Gasteiger partial charge < -0.3 is 15.3 Å². The molecule has 0 atom stereocenters. The fourth-order valence-corrected chi connectivity index (χ4v) is 2.03. The molecule has 0 aliphatic rings. The molecule has 0 saturated heterocycles. The van der Waals surface area contributed by atoms with Crippen LogP contribution in [0.25, 0.3) is 0 Å². The van der Waals surface area contributed by atoms with Crippen LogP contribution in [-0.4, -0.2) is 33.2 Å².